The maximum atomic E-state index is 5.68. The number of hydrogen-bond donors (Lipinski definition) is 1. The first kappa shape index (κ1) is 10.0. The van der Waals surface area contributed by atoms with Crippen molar-refractivity contribution in [1.29, 1.82) is 0 Å². The Morgan fingerprint density at radius 2 is 2.08 bits per heavy atom. The van der Waals surface area contributed by atoms with Crippen LogP contribution in [0.2, 0.25) is 0 Å². The summed E-state index contributed by atoms with van der Waals surface area (Å²) in [7, 11) is 0. The summed E-state index contributed by atoms with van der Waals surface area (Å²) < 4.78 is 5.58. The lowest BCUT2D eigenvalue weighted by Crippen LogP contribution is -2.15. The van der Waals surface area contributed by atoms with Gasteiger partial charge in [0, 0.05) is 6.61 Å². The lowest BCUT2D eigenvalue weighted by molar-refractivity contribution is 0.0503. The van der Waals surface area contributed by atoms with Crippen LogP contribution < -0.4 is 5.73 Å². The van der Waals surface area contributed by atoms with E-state index in [0.717, 1.165) is 13.2 Å². The molecule has 1 rings (SSSR count). The minimum absolute atomic E-state index is 0.374. The Balaban J connectivity index is 2.45. The highest BCUT2D eigenvalue weighted by Crippen LogP contribution is 2.59. The zero-order valence-electron chi connectivity index (χ0n) is 8.63. The van der Waals surface area contributed by atoms with Gasteiger partial charge in [-0.15, -0.1) is 0 Å². The van der Waals surface area contributed by atoms with Crippen LogP contribution in [-0.4, -0.2) is 19.3 Å². The molecule has 1 saturated carbocycles. The molecular formula is C10H21NO. The van der Waals surface area contributed by atoms with E-state index in [2.05, 4.69) is 20.8 Å². The predicted octanol–water partition coefficient (Wildman–Crippen LogP) is 1.64. The minimum atomic E-state index is 0.374. The van der Waals surface area contributed by atoms with Crippen molar-refractivity contribution < 1.29 is 4.74 Å². The fraction of sp³-hybridized carbons (Fsp3) is 1.00. The fourth-order valence-electron chi connectivity index (χ4n) is 2.54. The summed E-state index contributed by atoms with van der Waals surface area (Å²) in [6, 6.07) is 0. The molecule has 0 aliphatic heterocycles. The van der Waals surface area contributed by atoms with E-state index in [9.17, 15) is 0 Å². The second-order valence-electron chi connectivity index (χ2n) is 4.35. The van der Waals surface area contributed by atoms with E-state index in [0.29, 0.717) is 23.4 Å². The average Bonchev–Trinajstić information content (AvgIpc) is 2.53. The largest absolute Gasteiger partial charge is 0.378 e. The fourth-order valence-corrected chi connectivity index (χ4v) is 2.54. The molecule has 12 heavy (non-hydrogen) atoms. The molecule has 0 amide bonds. The maximum Gasteiger partial charge on any atom is 0.0583 e. The molecule has 0 heterocycles. The van der Waals surface area contributed by atoms with Gasteiger partial charge in [-0.2, -0.15) is 0 Å². The lowest BCUT2D eigenvalue weighted by atomic mass is 10.1. The van der Waals surface area contributed by atoms with Crippen LogP contribution >= 0.6 is 0 Å². The normalized spacial score (nSPS) is 34.8. The zero-order chi connectivity index (χ0) is 9.35. The maximum absolute atomic E-state index is 5.68. The van der Waals surface area contributed by atoms with E-state index in [1.165, 1.54) is 0 Å². The highest BCUT2D eigenvalue weighted by atomic mass is 16.5. The van der Waals surface area contributed by atoms with Crippen molar-refractivity contribution in [3.8, 4) is 0 Å². The molecule has 1 aliphatic carbocycles. The molecule has 3 atom stereocenters. The lowest BCUT2D eigenvalue weighted by Gasteiger charge is -2.12. The zero-order valence-corrected chi connectivity index (χ0v) is 8.63. The summed E-state index contributed by atoms with van der Waals surface area (Å²) in [6.07, 6.45) is 0.374. The van der Waals surface area contributed by atoms with E-state index in [-0.39, 0.29) is 0 Å². The molecule has 2 heteroatoms. The van der Waals surface area contributed by atoms with Crippen molar-refractivity contribution in [1.82, 2.24) is 0 Å². The van der Waals surface area contributed by atoms with Crippen molar-refractivity contribution in [2.24, 2.45) is 23.0 Å². The van der Waals surface area contributed by atoms with E-state index < -0.39 is 0 Å². The molecule has 0 aromatic carbocycles. The first-order chi connectivity index (χ1) is 5.55. The van der Waals surface area contributed by atoms with Crippen LogP contribution in [0.1, 0.15) is 27.7 Å². The Kier molecular flexibility index (Phi) is 2.79. The monoisotopic (exact) mass is 171 g/mol. The Morgan fingerprint density at radius 3 is 2.42 bits per heavy atom. The third-order valence-electron chi connectivity index (χ3n) is 3.33. The van der Waals surface area contributed by atoms with Gasteiger partial charge in [0.1, 0.15) is 0 Å². The summed E-state index contributed by atoms with van der Waals surface area (Å²) in [5.74, 6) is 1.33. The van der Waals surface area contributed by atoms with Gasteiger partial charge in [-0.3, -0.25) is 0 Å². The molecule has 0 radical (unpaired) electrons. The number of hydrogen-bond acceptors (Lipinski definition) is 2. The Morgan fingerprint density at radius 1 is 1.50 bits per heavy atom. The van der Waals surface area contributed by atoms with Crippen molar-refractivity contribution in [2.75, 3.05) is 13.2 Å². The van der Waals surface area contributed by atoms with E-state index in [1.807, 2.05) is 6.92 Å². The summed E-state index contributed by atoms with van der Waals surface area (Å²) in [5, 5.41) is 0. The Hall–Kier alpha value is -0.0800. The summed E-state index contributed by atoms with van der Waals surface area (Å²) >= 11 is 0. The molecule has 2 N–H and O–H groups in total. The first-order valence-electron chi connectivity index (χ1n) is 4.87. The number of ether oxygens (including phenoxy) is 1. The van der Waals surface area contributed by atoms with Crippen LogP contribution in [0, 0.1) is 17.3 Å². The van der Waals surface area contributed by atoms with Crippen molar-refractivity contribution in [2.45, 2.75) is 33.8 Å². The molecule has 0 saturated heterocycles. The van der Waals surface area contributed by atoms with E-state index >= 15 is 0 Å². The molecular weight excluding hydrogens is 150 g/mol. The van der Waals surface area contributed by atoms with Crippen molar-refractivity contribution in [3.05, 3.63) is 0 Å². The van der Waals surface area contributed by atoms with Gasteiger partial charge in [0.15, 0.2) is 0 Å². The molecule has 1 aliphatic rings. The van der Waals surface area contributed by atoms with Gasteiger partial charge in [0.25, 0.3) is 0 Å². The molecule has 1 fully saturated rings. The number of rotatable bonds is 4. The van der Waals surface area contributed by atoms with Crippen LogP contribution in [0.5, 0.6) is 0 Å². The third-order valence-corrected chi connectivity index (χ3v) is 3.33. The average molecular weight is 171 g/mol. The second-order valence-corrected chi connectivity index (χ2v) is 4.35. The molecule has 72 valence electrons. The summed E-state index contributed by atoms with van der Waals surface area (Å²) in [6.45, 7) is 10.4. The number of nitrogens with two attached hydrogens (primary N) is 1. The standard InChI is InChI=1S/C10H21NO/c1-5-12-7(2)9-8(6-11)10(9,3)4/h7-9H,5-6,11H2,1-4H3. The third kappa shape index (κ3) is 1.50. The summed E-state index contributed by atoms with van der Waals surface area (Å²) in [4.78, 5) is 0. The minimum Gasteiger partial charge on any atom is -0.378 e. The Bertz CT molecular complexity index is 156. The quantitative estimate of drug-likeness (QED) is 0.698. The van der Waals surface area contributed by atoms with Crippen LogP contribution in [0.3, 0.4) is 0 Å². The van der Waals surface area contributed by atoms with Gasteiger partial charge in [-0.1, -0.05) is 13.8 Å². The predicted molar refractivity (Wildman–Crippen MR) is 50.9 cm³/mol. The Labute approximate surface area is 75.5 Å². The van der Waals surface area contributed by atoms with E-state index in [4.69, 9.17) is 10.5 Å². The van der Waals surface area contributed by atoms with Crippen LogP contribution in [0.15, 0.2) is 0 Å². The highest BCUT2D eigenvalue weighted by molar-refractivity contribution is 5.07. The van der Waals surface area contributed by atoms with Crippen LogP contribution in [0.4, 0.5) is 0 Å². The van der Waals surface area contributed by atoms with Gasteiger partial charge >= 0.3 is 0 Å². The molecule has 2 nitrogen and oxygen atoms in total. The second kappa shape index (κ2) is 3.35. The molecule has 0 bridgehead atoms. The van der Waals surface area contributed by atoms with Gasteiger partial charge in [0.2, 0.25) is 0 Å². The molecule has 0 spiro atoms. The van der Waals surface area contributed by atoms with E-state index in [1.54, 1.807) is 0 Å². The molecule has 0 aromatic rings. The molecule has 3 unspecified atom stereocenters. The van der Waals surface area contributed by atoms with Crippen LogP contribution in [0.25, 0.3) is 0 Å². The summed E-state index contributed by atoms with van der Waals surface area (Å²) in [5.41, 5.74) is 6.08. The van der Waals surface area contributed by atoms with Gasteiger partial charge in [0.05, 0.1) is 6.10 Å². The first-order valence-corrected chi connectivity index (χ1v) is 4.87. The topological polar surface area (TPSA) is 35.2 Å². The smallest absolute Gasteiger partial charge is 0.0583 e. The van der Waals surface area contributed by atoms with Gasteiger partial charge in [-0.25, -0.2) is 0 Å². The van der Waals surface area contributed by atoms with Gasteiger partial charge in [-0.05, 0) is 37.6 Å². The highest BCUT2D eigenvalue weighted by Gasteiger charge is 2.59. The van der Waals surface area contributed by atoms with Gasteiger partial charge < -0.3 is 10.5 Å². The van der Waals surface area contributed by atoms with Crippen LogP contribution in [-0.2, 0) is 4.74 Å². The SMILES string of the molecule is CCOC(C)C1C(CN)C1(C)C. The van der Waals surface area contributed by atoms with Crippen molar-refractivity contribution >= 4 is 0 Å². The molecule has 0 aromatic heterocycles. The van der Waals surface area contributed by atoms with Crippen molar-refractivity contribution in [3.63, 3.8) is 0 Å².